The normalized spacial score (nSPS) is 21.2. The highest BCUT2D eigenvalue weighted by molar-refractivity contribution is 6.00. The van der Waals surface area contributed by atoms with Crippen LogP contribution in [-0.2, 0) is 20.9 Å². The maximum atomic E-state index is 13.8. The van der Waals surface area contributed by atoms with Crippen molar-refractivity contribution >= 4 is 24.2 Å². The topological polar surface area (TPSA) is 124 Å². The molecular weight excluding hydrogens is 584 g/mol. The van der Waals surface area contributed by atoms with Crippen molar-refractivity contribution in [2.24, 2.45) is 5.92 Å². The van der Waals surface area contributed by atoms with Crippen molar-refractivity contribution in [2.45, 2.75) is 69.7 Å². The van der Waals surface area contributed by atoms with Gasteiger partial charge >= 0.3 is 0 Å². The van der Waals surface area contributed by atoms with E-state index in [0.29, 0.717) is 87.9 Å². The summed E-state index contributed by atoms with van der Waals surface area (Å²) in [4.78, 5) is 31.6. The number of benzene rings is 2. The molecule has 0 aliphatic carbocycles. The van der Waals surface area contributed by atoms with Crippen molar-refractivity contribution in [3.8, 4) is 23.3 Å². The molecule has 0 bridgehead atoms. The number of methoxy groups -OCH3 is 1. The number of aliphatic hydroxyl groups is 1. The lowest BCUT2D eigenvalue weighted by atomic mass is 9.79. The zero-order chi connectivity index (χ0) is 30.4. The molecule has 10 nitrogen and oxygen atoms in total. The predicted molar refractivity (Wildman–Crippen MR) is 167 cm³/mol. The summed E-state index contributed by atoms with van der Waals surface area (Å²) in [5.74, 6) is 1.33. The minimum atomic E-state index is -0.910. The van der Waals surface area contributed by atoms with Gasteiger partial charge in [0, 0.05) is 45.5 Å². The molecule has 3 saturated heterocycles. The first-order valence-corrected chi connectivity index (χ1v) is 15.3. The van der Waals surface area contributed by atoms with Gasteiger partial charge in [0.25, 0.3) is 0 Å². The highest BCUT2D eigenvalue weighted by Gasteiger charge is 2.55. The monoisotopic (exact) mass is 626 g/mol. The van der Waals surface area contributed by atoms with Gasteiger partial charge < -0.3 is 29.5 Å². The Kier molecular flexibility index (Phi) is 11.5. The highest BCUT2D eigenvalue weighted by Crippen LogP contribution is 2.36. The molecule has 2 amide bonds. The molecule has 2 N–H and O–H groups in total. The second-order valence-electron chi connectivity index (χ2n) is 11.8. The number of hydrogen-bond acceptors (Lipinski definition) is 8. The average Bonchev–Trinajstić information content (AvgIpc) is 3.05. The molecule has 0 unspecified atom stereocenters. The van der Waals surface area contributed by atoms with Crippen molar-refractivity contribution in [2.75, 3.05) is 40.0 Å². The number of hydrogen-bond donors (Lipinski definition) is 2. The van der Waals surface area contributed by atoms with Crippen molar-refractivity contribution < 1.29 is 28.9 Å². The molecule has 0 saturated carbocycles. The molecule has 0 radical (unpaired) electrons. The molecule has 0 aromatic heterocycles. The fourth-order valence-electron chi connectivity index (χ4n) is 6.49. The van der Waals surface area contributed by atoms with Crippen LogP contribution in [0.3, 0.4) is 0 Å². The van der Waals surface area contributed by atoms with Crippen LogP contribution in [0.15, 0.2) is 42.5 Å². The molecule has 3 aliphatic heterocycles. The molecule has 11 heteroatoms. The van der Waals surface area contributed by atoms with Gasteiger partial charge in [-0.2, -0.15) is 5.26 Å². The highest BCUT2D eigenvalue weighted by atomic mass is 35.5. The van der Waals surface area contributed by atoms with Crippen LogP contribution >= 0.6 is 12.4 Å². The number of nitriles is 1. The van der Waals surface area contributed by atoms with Crippen molar-refractivity contribution in [3.05, 3.63) is 53.6 Å². The van der Waals surface area contributed by atoms with Crippen molar-refractivity contribution in [3.63, 3.8) is 0 Å². The molecule has 3 aliphatic rings. The van der Waals surface area contributed by atoms with Crippen LogP contribution < -0.4 is 14.8 Å². The number of likely N-dealkylation sites (tertiary alicyclic amines) is 1. The van der Waals surface area contributed by atoms with Gasteiger partial charge in [-0.1, -0.05) is 25.5 Å². The summed E-state index contributed by atoms with van der Waals surface area (Å²) in [6, 6.07) is 14.1. The SMILES string of the molecule is CCCCN1C(=O)[C@@H]([C@H](O)C2CCOCC2)NC(=O)C12CCN(Cc1ccc(Oc3ccc(C#N)cc3OC)cc1)CC2.Cl. The maximum absolute atomic E-state index is 13.8. The van der Waals surface area contributed by atoms with Gasteiger partial charge in [0.2, 0.25) is 11.8 Å². The standard InChI is InChI=1S/C33H42N4O6.ClH/c1-3-4-15-37-31(39)29(30(38)25-11-18-42-19-12-25)35-32(40)33(37)13-16-36(17-14-33)22-23-5-8-26(9-6-23)43-27-10-7-24(21-34)20-28(27)41-2;/h5-10,20,25,29-30,38H,3-4,11-19,22H2,1-2H3,(H,35,40);1H/t29-,30-;/m1./s1. The van der Waals surface area contributed by atoms with Crippen LogP contribution in [0.2, 0.25) is 0 Å². The van der Waals surface area contributed by atoms with Crippen LogP contribution in [0, 0.1) is 17.2 Å². The number of carbonyl (C=O) groups is 2. The smallest absolute Gasteiger partial charge is 0.248 e. The Morgan fingerprint density at radius 1 is 1.11 bits per heavy atom. The summed E-state index contributed by atoms with van der Waals surface area (Å²) in [6.07, 6.45) is 3.29. The van der Waals surface area contributed by atoms with Crippen LogP contribution in [0.1, 0.15) is 56.6 Å². The Morgan fingerprint density at radius 2 is 1.82 bits per heavy atom. The third kappa shape index (κ3) is 7.13. The number of nitrogens with zero attached hydrogens (tertiary/aromatic N) is 3. The molecule has 3 fully saturated rings. The first-order valence-electron chi connectivity index (χ1n) is 15.3. The Morgan fingerprint density at radius 3 is 2.45 bits per heavy atom. The fourth-order valence-corrected chi connectivity index (χ4v) is 6.49. The quantitative estimate of drug-likeness (QED) is 0.405. The van der Waals surface area contributed by atoms with E-state index in [1.165, 1.54) is 0 Å². The number of piperidine rings is 1. The van der Waals surface area contributed by atoms with E-state index in [2.05, 4.69) is 23.2 Å². The molecule has 1 spiro atoms. The second-order valence-corrected chi connectivity index (χ2v) is 11.8. The zero-order valence-corrected chi connectivity index (χ0v) is 26.3. The number of amides is 2. The molecule has 2 aromatic rings. The lowest BCUT2D eigenvalue weighted by molar-refractivity contribution is -0.166. The Labute approximate surface area is 265 Å². The summed E-state index contributed by atoms with van der Waals surface area (Å²) in [5, 5.41) is 23.2. The number of ether oxygens (including phenoxy) is 3. The van der Waals surface area contributed by atoms with Gasteiger partial charge in [0.1, 0.15) is 17.3 Å². The van der Waals surface area contributed by atoms with Crippen LogP contribution in [0.4, 0.5) is 0 Å². The maximum Gasteiger partial charge on any atom is 0.248 e. The number of piperazine rings is 1. The van der Waals surface area contributed by atoms with Gasteiger partial charge in [0.05, 0.1) is 24.8 Å². The van der Waals surface area contributed by atoms with E-state index in [1.54, 1.807) is 30.2 Å². The van der Waals surface area contributed by atoms with E-state index >= 15 is 0 Å². The summed E-state index contributed by atoms with van der Waals surface area (Å²) in [5.41, 5.74) is 0.729. The Hall–Kier alpha value is -3.36. The third-order valence-electron chi connectivity index (χ3n) is 9.12. The number of nitrogens with one attached hydrogen (secondary N) is 1. The van der Waals surface area contributed by atoms with Gasteiger partial charge in [-0.25, -0.2) is 0 Å². The number of unbranched alkanes of at least 4 members (excludes halogenated alkanes) is 1. The average molecular weight is 627 g/mol. The fraction of sp³-hybridized carbons (Fsp3) is 0.545. The van der Waals surface area contributed by atoms with Crippen LogP contribution in [-0.4, -0.2) is 84.4 Å². The van der Waals surface area contributed by atoms with Crippen molar-refractivity contribution in [1.82, 2.24) is 15.1 Å². The Bertz CT molecular complexity index is 1320. The number of halogens is 1. The lowest BCUT2D eigenvalue weighted by Crippen LogP contribution is -2.75. The third-order valence-corrected chi connectivity index (χ3v) is 9.12. The predicted octanol–water partition coefficient (Wildman–Crippen LogP) is 4.03. The largest absolute Gasteiger partial charge is 0.493 e. The van der Waals surface area contributed by atoms with E-state index in [-0.39, 0.29) is 30.1 Å². The minimum absolute atomic E-state index is 0. The van der Waals surface area contributed by atoms with Crippen molar-refractivity contribution in [1.29, 1.82) is 5.26 Å². The number of carbonyl (C=O) groups excluding carboxylic acids is 2. The van der Waals surface area contributed by atoms with E-state index in [1.807, 2.05) is 24.3 Å². The molecular formula is C33H43ClN4O6. The molecule has 2 atom stereocenters. The van der Waals surface area contributed by atoms with Crippen LogP contribution in [0.5, 0.6) is 17.2 Å². The Balaban J connectivity index is 0.00000442. The molecule has 44 heavy (non-hydrogen) atoms. The first kappa shape index (κ1) is 33.5. The van der Waals surface area contributed by atoms with E-state index < -0.39 is 17.7 Å². The van der Waals surface area contributed by atoms with Gasteiger partial charge in [-0.05, 0) is 67.9 Å². The zero-order valence-electron chi connectivity index (χ0n) is 25.5. The van der Waals surface area contributed by atoms with Gasteiger partial charge in [-0.3, -0.25) is 14.5 Å². The molecule has 2 aromatic carbocycles. The molecule has 238 valence electrons. The molecule has 3 heterocycles. The number of aliphatic hydroxyl groups excluding tert-OH is 1. The summed E-state index contributed by atoms with van der Waals surface area (Å²) in [6.45, 7) is 5.80. The summed E-state index contributed by atoms with van der Waals surface area (Å²) in [7, 11) is 1.54. The second kappa shape index (κ2) is 15.1. The van der Waals surface area contributed by atoms with Crippen LogP contribution in [0.25, 0.3) is 0 Å². The van der Waals surface area contributed by atoms with Gasteiger partial charge in [-0.15, -0.1) is 12.4 Å². The summed E-state index contributed by atoms with van der Waals surface area (Å²) >= 11 is 0. The first-order chi connectivity index (χ1) is 20.9. The van der Waals surface area contributed by atoms with E-state index in [0.717, 1.165) is 18.4 Å². The summed E-state index contributed by atoms with van der Waals surface area (Å²) < 4.78 is 16.8. The molecule has 5 rings (SSSR count). The minimum Gasteiger partial charge on any atom is -0.493 e. The van der Waals surface area contributed by atoms with E-state index in [4.69, 9.17) is 19.5 Å². The number of rotatable bonds is 10. The van der Waals surface area contributed by atoms with Gasteiger partial charge in [0.15, 0.2) is 11.5 Å². The van der Waals surface area contributed by atoms with E-state index in [9.17, 15) is 14.7 Å². The lowest BCUT2D eigenvalue weighted by Gasteiger charge is -2.52.